The lowest BCUT2D eigenvalue weighted by Crippen LogP contribution is -2.47. The first kappa shape index (κ1) is 25.7. The quantitative estimate of drug-likeness (QED) is 0.297. The van der Waals surface area contributed by atoms with Crippen LogP contribution in [-0.4, -0.2) is 33.2 Å². The molecule has 1 aromatic heterocycles. The van der Waals surface area contributed by atoms with E-state index in [1.807, 2.05) is 31.2 Å². The number of nitrogens with one attached hydrogen (secondary N) is 2. The van der Waals surface area contributed by atoms with Crippen molar-refractivity contribution >= 4 is 39.8 Å². The van der Waals surface area contributed by atoms with Crippen molar-refractivity contribution in [2.24, 2.45) is 10.9 Å². The van der Waals surface area contributed by atoms with Gasteiger partial charge < -0.3 is 15.1 Å². The first-order valence-electron chi connectivity index (χ1n) is 10.7. The van der Waals surface area contributed by atoms with Crippen molar-refractivity contribution in [2.75, 3.05) is 12.8 Å². The van der Waals surface area contributed by atoms with Gasteiger partial charge in [0, 0.05) is 25.3 Å². The smallest absolute Gasteiger partial charge is 0.191 e. The van der Waals surface area contributed by atoms with Gasteiger partial charge in [-0.1, -0.05) is 31.9 Å². The number of aryl methyl sites for hydroxylation is 1. The van der Waals surface area contributed by atoms with Crippen LogP contribution in [-0.2, 0) is 22.8 Å². The molecule has 1 aliphatic carbocycles. The van der Waals surface area contributed by atoms with Crippen LogP contribution in [0.4, 0.5) is 0 Å². The molecule has 0 saturated heterocycles. The Morgan fingerprint density at radius 3 is 2.65 bits per heavy atom. The summed E-state index contributed by atoms with van der Waals surface area (Å²) >= 11 is 0. The second-order valence-electron chi connectivity index (χ2n) is 8.31. The van der Waals surface area contributed by atoms with Crippen molar-refractivity contribution in [1.29, 1.82) is 0 Å². The molecule has 0 aliphatic heterocycles. The van der Waals surface area contributed by atoms with Crippen LogP contribution >= 0.6 is 24.0 Å². The van der Waals surface area contributed by atoms with Gasteiger partial charge in [0.15, 0.2) is 15.8 Å². The number of nitrogens with zero attached hydrogens (tertiary/aromatic N) is 1. The highest BCUT2D eigenvalue weighted by molar-refractivity contribution is 14.0. The molecule has 1 heterocycles. The maximum absolute atomic E-state index is 11.8. The summed E-state index contributed by atoms with van der Waals surface area (Å²) in [6, 6.07) is 9.72. The molecule has 31 heavy (non-hydrogen) atoms. The van der Waals surface area contributed by atoms with Crippen molar-refractivity contribution in [1.82, 2.24) is 10.6 Å². The lowest BCUT2D eigenvalue weighted by Gasteiger charge is -2.31. The predicted molar refractivity (Wildman–Crippen MR) is 136 cm³/mol. The van der Waals surface area contributed by atoms with E-state index in [0.717, 1.165) is 42.2 Å². The van der Waals surface area contributed by atoms with E-state index >= 15 is 0 Å². The third kappa shape index (κ3) is 7.82. The van der Waals surface area contributed by atoms with Crippen LogP contribution in [0, 0.1) is 12.8 Å². The summed E-state index contributed by atoms with van der Waals surface area (Å²) in [6.07, 6.45) is 8.65. The van der Waals surface area contributed by atoms with Gasteiger partial charge >= 0.3 is 0 Å². The zero-order chi connectivity index (χ0) is 21.6. The molecule has 2 aromatic rings. The third-order valence-corrected chi connectivity index (χ3v) is 6.99. The number of halogens is 1. The standard InChI is InChI=1S/C23H33N3O3S.HI/c1-17-7-4-5-9-21(17)26-23(24-13-12-20-8-6-14-29-20)25-16-19-10-11-22(18(2)15-19)30(3,27)28;/h6,8,10-11,14-15,17,21H,4-5,7,9,12-13,16H2,1-3H3,(H2,24,25,26);1H. The van der Waals surface area contributed by atoms with E-state index in [1.54, 1.807) is 12.3 Å². The maximum Gasteiger partial charge on any atom is 0.191 e. The second-order valence-corrected chi connectivity index (χ2v) is 10.3. The van der Waals surface area contributed by atoms with Crippen molar-refractivity contribution in [2.45, 2.75) is 63.4 Å². The highest BCUT2D eigenvalue weighted by atomic mass is 127. The zero-order valence-electron chi connectivity index (χ0n) is 18.6. The average Bonchev–Trinajstić information content (AvgIpc) is 3.20. The maximum atomic E-state index is 11.8. The van der Waals surface area contributed by atoms with Crippen molar-refractivity contribution in [3.63, 3.8) is 0 Å². The molecule has 6 nitrogen and oxygen atoms in total. The van der Waals surface area contributed by atoms with E-state index in [2.05, 4.69) is 17.6 Å². The molecule has 8 heteroatoms. The van der Waals surface area contributed by atoms with Gasteiger partial charge in [-0.25, -0.2) is 13.4 Å². The molecule has 1 aromatic carbocycles. The molecule has 1 saturated carbocycles. The van der Waals surface area contributed by atoms with Gasteiger partial charge in [-0.3, -0.25) is 0 Å². The summed E-state index contributed by atoms with van der Waals surface area (Å²) in [4.78, 5) is 5.16. The Bertz CT molecular complexity index is 958. The van der Waals surface area contributed by atoms with E-state index in [-0.39, 0.29) is 24.0 Å². The normalized spacial score (nSPS) is 19.5. The van der Waals surface area contributed by atoms with Crippen molar-refractivity contribution in [3.05, 3.63) is 53.5 Å². The summed E-state index contributed by atoms with van der Waals surface area (Å²) in [5, 5.41) is 7.05. The van der Waals surface area contributed by atoms with Crippen LogP contribution in [0.1, 0.15) is 49.5 Å². The van der Waals surface area contributed by atoms with Gasteiger partial charge in [0.1, 0.15) is 5.76 Å². The predicted octanol–water partition coefficient (Wildman–Crippen LogP) is 4.47. The summed E-state index contributed by atoms with van der Waals surface area (Å²) in [5.41, 5.74) is 1.75. The molecule has 172 valence electrons. The van der Waals surface area contributed by atoms with Gasteiger partial charge in [0.2, 0.25) is 0 Å². The van der Waals surface area contributed by atoms with E-state index < -0.39 is 9.84 Å². The largest absolute Gasteiger partial charge is 0.469 e. The van der Waals surface area contributed by atoms with E-state index in [4.69, 9.17) is 9.41 Å². The van der Waals surface area contributed by atoms with Gasteiger partial charge in [0.25, 0.3) is 0 Å². The molecule has 1 fully saturated rings. The van der Waals surface area contributed by atoms with E-state index in [9.17, 15) is 8.42 Å². The Morgan fingerprint density at radius 2 is 2.00 bits per heavy atom. The number of benzene rings is 1. The Kier molecular flexibility index (Phi) is 9.87. The number of hydrogen-bond donors (Lipinski definition) is 2. The number of rotatable bonds is 7. The fourth-order valence-electron chi connectivity index (χ4n) is 4.01. The summed E-state index contributed by atoms with van der Waals surface area (Å²) < 4.78 is 29.1. The molecule has 2 atom stereocenters. The first-order valence-corrected chi connectivity index (χ1v) is 12.6. The molecular formula is C23H34IN3O3S. The van der Waals surface area contributed by atoms with Gasteiger partial charge in [-0.05, 0) is 55.0 Å². The molecule has 3 rings (SSSR count). The Hall–Kier alpha value is -1.55. The van der Waals surface area contributed by atoms with Crippen LogP contribution in [0.25, 0.3) is 0 Å². The minimum absolute atomic E-state index is 0. The fourth-order valence-corrected chi connectivity index (χ4v) is 4.97. The van der Waals surface area contributed by atoms with Crippen LogP contribution in [0.15, 0.2) is 50.9 Å². The minimum Gasteiger partial charge on any atom is -0.469 e. The van der Waals surface area contributed by atoms with E-state index in [1.165, 1.54) is 25.5 Å². The Labute approximate surface area is 203 Å². The lowest BCUT2D eigenvalue weighted by atomic mass is 9.86. The summed E-state index contributed by atoms with van der Waals surface area (Å²) in [5.74, 6) is 2.36. The van der Waals surface area contributed by atoms with Crippen LogP contribution in [0.3, 0.4) is 0 Å². The fraction of sp³-hybridized carbons (Fsp3) is 0.522. The van der Waals surface area contributed by atoms with Gasteiger partial charge in [0.05, 0.1) is 17.7 Å². The number of furan rings is 1. The SMILES string of the molecule is Cc1cc(CN=C(NCCc2ccco2)NC2CCCCC2C)ccc1S(C)(=O)=O.I. The second kappa shape index (κ2) is 11.9. The molecule has 0 radical (unpaired) electrons. The number of aliphatic imine (C=N–C) groups is 1. The number of hydrogen-bond acceptors (Lipinski definition) is 4. The first-order chi connectivity index (χ1) is 14.3. The van der Waals surface area contributed by atoms with Crippen LogP contribution < -0.4 is 10.6 Å². The van der Waals surface area contributed by atoms with Crippen LogP contribution in [0.2, 0.25) is 0 Å². The monoisotopic (exact) mass is 559 g/mol. The number of guanidine groups is 1. The van der Waals surface area contributed by atoms with Crippen molar-refractivity contribution in [3.8, 4) is 0 Å². The van der Waals surface area contributed by atoms with E-state index in [0.29, 0.717) is 23.4 Å². The zero-order valence-corrected chi connectivity index (χ0v) is 21.7. The Balaban J connectivity index is 0.00000341. The average molecular weight is 560 g/mol. The Morgan fingerprint density at radius 1 is 1.23 bits per heavy atom. The highest BCUT2D eigenvalue weighted by Gasteiger charge is 2.22. The van der Waals surface area contributed by atoms with Crippen LogP contribution in [0.5, 0.6) is 0 Å². The lowest BCUT2D eigenvalue weighted by molar-refractivity contribution is 0.306. The molecule has 0 amide bonds. The molecule has 2 unspecified atom stereocenters. The van der Waals surface area contributed by atoms with Gasteiger partial charge in [-0.2, -0.15) is 0 Å². The molecule has 2 N–H and O–H groups in total. The van der Waals surface area contributed by atoms with Gasteiger partial charge in [-0.15, -0.1) is 24.0 Å². The topological polar surface area (TPSA) is 83.7 Å². The van der Waals surface area contributed by atoms with Crippen molar-refractivity contribution < 1.29 is 12.8 Å². The summed E-state index contributed by atoms with van der Waals surface area (Å²) in [7, 11) is -3.21. The molecule has 0 spiro atoms. The molecular weight excluding hydrogens is 525 g/mol. The number of sulfone groups is 1. The highest BCUT2D eigenvalue weighted by Crippen LogP contribution is 2.23. The minimum atomic E-state index is -3.21. The third-order valence-electron chi connectivity index (χ3n) is 5.74. The molecule has 0 bridgehead atoms. The summed E-state index contributed by atoms with van der Waals surface area (Å²) in [6.45, 7) is 5.34. The molecule has 1 aliphatic rings.